The van der Waals surface area contributed by atoms with Gasteiger partial charge in [0, 0.05) is 11.1 Å². The molecule has 1 heterocycles. The molecular weight excluding hydrogens is 333 g/mol. The maximum absolute atomic E-state index is 13.8. The number of benzene rings is 2. The maximum atomic E-state index is 13.8. The summed E-state index contributed by atoms with van der Waals surface area (Å²) in [5, 5.41) is 0. The second-order valence-corrected chi connectivity index (χ2v) is 6.85. The standard InChI is InChI=1S/C21H22FNO3/c1-14(2)18-21(16-10-6-4-7-11-16,17-12-8-5-9-13-17)26-20(25)23(18)19(24)15(3)22/h4-15,18H,1-3H3. The van der Waals surface area contributed by atoms with Crippen LogP contribution in [-0.2, 0) is 15.1 Å². The first kappa shape index (κ1) is 18.1. The summed E-state index contributed by atoms with van der Waals surface area (Å²) in [5.74, 6) is -1.02. The van der Waals surface area contributed by atoms with Gasteiger partial charge in [0.25, 0.3) is 5.91 Å². The van der Waals surface area contributed by atoms with E-state index < -0.39 is 29.8 Å². The van der Waals surface area contributed by atoms with Crippen molar-refractivity contribution in [1.82, 2.24) is 4.90 Å². The Hall–Kier alpha value is -2.69. The van der Waals surface area contributed by atoms with Crippen LogP contribution in [0.25, 0.3) is 0 Å². The predicted molar refractivity (Wildman–Crippen MR) is 96.2 cm³/mol. The molecular formula is C21H22FNO3. The molecule has 2 atom stereocenters. The summed E-state index contributed by atoms with van der Waals surface area (Å²) >= 11 is 0. The minimum absolute atomic E-state index is 0.149. The quantitative estimate of drug-likeness (QED) is 0.822. The molecule has 3 rings (SSSR count). The molecule has 2 aromatic carbocycles. The molecule has 2 unspecified atom stereocenters. The van der Waals surface area contributed by atoms with Crippen LogP contribution in [0.3, 0.4) is 0 Å². The van der Waals surface area contributed by atoms with Gasteiger partial charge in [0.15, 0.2) is 11.8 Å². The van der Waals surface area contributed by atoms with Crippen LogP contribution in [0.4, 0.5) is 9.18 Å². The molecule has 4 nitrogen and oxygen atoms in total. The molecule has 0 spiro atoms. The first-order chi connectivity index (χ1) is 12.4. The average Bonchev–Trinajstić information content (AvgIpc) is 2.96. The number of nitrogens with zero attached hydrogens (tertiary/aromatic N) is 1. The minimum Gasteiger partial charge on any atom is -0.430 e. The highest BCUT2D eigenvalue weighted by Gasteiger charge is 2.59. The average molecular weight is 355 g/mol. The maximum Gasteiger partial charge on any atom is 0.418 e. The second-order valence-electron chi connectivity index (χ2n) is 6.85. The fourth-order valence-corrected chi connectivity index (χ4v) is 3.73. The summed E-state index contributed by atoms with van der Waals surface area (Å²) in [5.41, 5.74) is 0.318. The highest BCUT2D eigenvalue weighted by atomic mass is 19.1. The van der Waals surface area contributed by atoms with E-state index in [1.807, 2.05) is 74.5 Å². The Morgan fingerprint density at radius 2 is 1.46 bits per heavy atom. The lowest BCUT2D eigenvalue weighted by Crippen LogP contribution is -2.51. The number of hydrogen-bond acceptors (Lipinski definition) is 3. The number of imide groups is 1. The number of halogens is 1. The minimum atomic E-state index is -1.79. The van der Waals surface area contributed by atoms with Crippen LogP contribution in [0.2, 0.25) is 0 Å². The Morgan fingerprint density at radius 3 is 1.85 bits per heavy atom. The van der Waals surface area contributed by atoms with Crippen molar-refractivity contribution in [2.75, 3.05) is 0 Å². The van der Waals surface area contributed by atoms with Gasteiger partial charge in [-0.05, 0) is 12.8 Å². The summed E-state index contributed by atoms with van der Waals surface area (Å²) in [6, 6.07) is 18.0. The molecule has 1 aliphatic rings. The van der Waals surface area contributed by atoms with Gasteiger partial charge in [-0.1, -0.05) is 74.5 Å². The lowest BCUT2D eigenvalue weighted by Gasteiger charge is -2.37. The van der Waals surface area contributed by atoms with Crippen LogP contribution >= 0.6 is 0 Å². The normalized spacial score (nSPS) is 20.1. The molecule has 136 valence electrons. The van der Waals surface area contributed by atoms with E-state index in [0.29, 0.717) is 0 Å². The highest BCUT2D eigenvalue weighted by molar-refractivity contribution is 5.96. The molecule has 5 heteroatoms. The summed E-state index contributed by atoms with van der Waals surface area (Å²) in [6.45, 7) is 4.94. The number of ether oxygens (including phenoxy) is 1. The molecule has 0 radical (unpaired) electrons. The van der Waals surface area contributed by atoms with Crippen LogP contribution in [0.5, 0.6) is 0 Å². The topological polar surface area (TPSA) is 46.6 Å². The van der Waals surface area contributed by atoms with Crippen molar-refractivity contribution in [3.8, 4) is 0 Å². The zero-order valence-electron chi connectivity index (χ0n) is 15.1. The van der Waals surface area contributed by atoms with Crippen molar-refractivity contribution in [3.05, 3.63) is 71.8 Å². The Balaban J connectivity index is 2.27. The summed E-state index contributed by atoms with van der Waals surface area (Å²) in [7, 11) is 0. The summed E-state index contributed by atoms with van der Waals surface area (Å²) in [6.07, 6.45) is -2.60. The van der Waals surface area contributed by atoms with E-state index in [4.69, 9.17) is 4.74 Å². The first-order valence-electron chi connectivity index (χ1n) is 8.70. The Labute approximate surface area is 152 Å². The lowest BCUT2D eigenvalue weighted by atomic mass is 9.75. The van der Waals surface area contributed by atoms with Gasteiger partial charge < -0.3 is 4.74 Å². The number of carbonyl (C=O) groups is 2. The third-order valence-electron chi connectivity index (χ3n) is 4.75. The van der Waals surface area contributed by atoms with E-state index in [-0.39, 0.29) is 5.92 Å². The van der Waals surface area contributed by atoms with E-state index in [1.165, 1.54) is 0 Å². The van der Waals surface area contributed by atoms with E-state index >= 15 is 0 Å². The van der Waals surface area contributed by atoms with Gasteiger partial charge in [-0.25, -0.2) is 14.1 Å². The van der Waals surface area contributed by atoms with Gasteiger partial charge in [0.05, 0.1) is 6.04 Å². The van der Waals surface area contributed by atoms with Gasteiger partial charge in [0.1, 0.15) is 0 Å². The number of alkyl halides is 1. The highest BCUT2D eigenvalue weighted by Crippen LogP contribution is 2.47. The predicted octanol–water partition coefficient (Wildman–Crippen LogP) is 4.29. The van der Waals surface area contributed by atoms with Crippen molar-refractivity contribution in [2.45, 2.75) is 38.6 Å². The Morgan fingerprint density at radius 1 is 1.00 bits per heavy atom. The van der Waals surface area contributed by atoms with Crippen molar-refractivity contribution < 1.29 is 18.7 Å². The van der Waals surface area contributed by atoms with Gasteiger partial charge in [-0.2, -0.15) is 0 Å². The van der Waals surface area contributed by atoms with Gasteiger partial charge in [-0.15, -0.1) is 0 Å². The smallest absolute Gasteiger partial charge is 0.418 e. The largest absolute Gasteiger partial charge is 0.430 e. The van der Waals surface area contributed by atoms with Crippen LogP contribution in [-0.4, -0.2) is 29.1 Å². The second kappa shape index (κ2) is 6.90. The molecule has 0 aromatic heterocycles. The van der Waals surface area contributed by atoms with E-state index in [0.717, 1.165) is 23.0 Å². The Kier molecular flexibility index (Phi) is 4.81. The van der Waals surface area contributed by atoms with Crippen LogP contribution in [0.15, 0.2) is 60.7 Å². The van der Waals surface area contributed by atoms with Crippen molar-refractivity contribution in [2.24, 2.45) is 5.92 Å². The first-order valence-corrected chi connectivity index (χ1v) is 8.70. The zero-order chi connectivity index (χ0) is 18.9. The summed E-state index contributed by atoms with van der Waals surface area (Å²) in [4.78, 5) is 26.1. The molecule has 0 saturated carbocycles. The van der Waals surface area contributed by atoms with Gasteiger partial charge >= 0.3 is 6.09 Å². The molecule has 1 fully saturated rings. The number of hydrogen-bond donors (Lipinski definition) is 0. The number of rotatable bonds is 4. The molecule has 1 aliphatic heterocycles. The van der Waals surface area contributed by atoms with Crippen molar-refractivity contribution in [1.29, 1.82) is 0 Å². The fraction of sp³-hybridized carbons (Fsp3) is 0.333. The van der Waals surface area contributed by atoms with Crippen molar-refractivity contribution in [3.63, 3.8) is 0 Å². The number of cyclic esters (lactones) is 1. The number of amides is 2. The third kappa shape index (κ3) is 2.77. The Bertz CT molecular complexity index is 750. The molecule has 0 aliphatic carbocycles. The number of carbonyl (C=O) groups excluding carboxylic acids is 2. The molecule has 2 aromatic rings. The van der Waals surface area contributed by atoms with Gasteiger partial charge in [-0.3, -0.25) is 4.79 Å². The van der Waals surface area contributed by atoms with Crippen LogP contribution in [0.1, 0.15) is 31.9 Å². The molecule has 2 amide bonds. The van der Waals surface area contributed by atoms with Crippen LogP contribution < -0.4 is 0 Å². The lowest BCUT2D eigenvalue weighted by molar-refractivity contribution is -0.135. The van der Waals surface area contributed by atoms with Crippen LogP contribution in [0, 0.1) is 5.92 Å². The summed E-state index contributed by atoms with van der Waals surface area (Å²) < 4.78 is 19.7. The third-order valence-corrected chi connectivity index (χ3v) is 4.75. The van der Waals surface area contributed by atoms with E-state index in [9.17, 15) is 14.0 Å². The molecule has 1 saturated heterocycles. The zero-order valence-corrected chi connectivity index (χ0v) is 15.1. The van der Waals surface area contributed by atoms with E-state index in [1.54, 1.807) is 0 Å². The molecule has 26 heavy (non-hydrogen) atoms. The van der Waals surface area contributed by atoms with E-state index in [2.05, 4.69) is 0 Å². The van der Waals surface area contributed by atoms with Gasteiger partial charge in [0.2, 0.25) is 0 Å². The molecule has 0 bridgehead atoms. The SMILES string of the molecule is CC(F)C(=O)N1C(=O)OC(c2ccccc2)(c2ccccc2)C1C(C)C. The molecule has 0 N–H and O–H groups in total. The monoisotopic (exact) mass is 355 g/mol. The van der Waals surface area contributed by atoms with Crippen molar-refractivity contribution >= 4 is 12.0 Å². The fourth-order valence-electron chi connectivity index (χ4n) is 3.73.